The largest absolute Gasteiger partial charge is 0.457 e. The van der Waals surface area contributed by atoms with Crippen LogP contribution in [0, 0.1) is 5.92 Å². The van der Waals surface area contributed by atoms with Crippen molar-refractivity contribution in [3.8, 4) is 23.0 Å². The summed E-state index contributed by atoms with van der Waals surface area (Å²) in [6, 6.07) is 30.8. The molecule has 0 fully saturated rings. The van der Waals surface area contributed by atoms with Gasteiger partial charge in [0.15, 0.2) is 0 Å². The van der Waals surface area contributed by atoms with E-state index < -0.39 is 0 Å². The van der Waals surface area contributed by atoms with E-state index in [0.717, 1.165) is 34.1 Å². The lowest BCUT2D eigenvalue weighted by Gasteiger charge is -2.14. The molecular weight excluding hydrogens is 372 g/mol. The van der Waals surface area contributed by atoms with Gasteiger partial charge in [0.2, 0.25) is 0 Å². The number of hydrogen-bond donors (Lipinski definition) is 2. The quantitative estimate of drug-likeness (QED) is 0.369. The first-order chi connectivity index (χ1) is 14.6. The van der Waals surface area contributed by atoms with E-state index in [1.165, 1.54) is 5.92 Å². The van der Waals surface area contributed by atoms with Crippen LogP contribution in [0.3, 0.4) is 0 Å². The van der Waals surface area contributed by atoms with Crippen molar-refractivity contribution in [1.82, 2.24) is 0 Å². The van der Waals surface area contributed by atoms with Gasteiger partial charge in [0.25, 0.3) is 0 Å². The van der Waals surface area contributed by atoms with Crippen molar-refractivity contribution >= 4 is 11.4 Å². The number of benzene rings is 4. The van der Waals surface area contributed by atoms with Crippen LogP contribution in [-0.2, 0) is 0 Å². The Hall–Kier alpha value is -3.92. The van der Waals surface area contributed by atoms with Gasteiger partial charge in [0.05, 0.1) is 0 Å². The maximum Gasteiger partial charge on any atom is 0.127 e. The Kier molecular flexibility index (Phi) is 5.57. The zero-order valence-electron chi connectivity index (χ0n) is 16.7. The Bertz CT molecular complexity index is 997. The van der Waals surface area contributed by atoms with Crippen molar-refractivity contribution < 1.29 is 9.47 Å². The van der Waals surface area contributed by atoms with Crippen molar-refractivity contribution in [2.45, 2.75) is 6.92 Å². The lowest BCUT2D eigenvalue weighted by atomic mass is 9.93. The Morgan fingerprint density at radius 2 is 0.733 bits per heavy atom. The summed E-state index contributed by atoms with van der Waals surface area (Å²) in [6.45, 7) is 2.10. The number of hydrogen-bond acceptors (Lipinski definition) is 4. The highest BCUT2D eigenvalue weighted by Gasteiger charge is 2.10. The van der Waals surface area contributed by atoms with Crippen LogP contribution >= 0.6 is 0 Å². The predicted octanol–water partition coefficient (Wildman–Crippen LogP) is 6.43. The zero-order chi connectivity index (χ0) is 20.9. The van der Waals surface area contributed by atoms with Crippen LogP contribution in [0.2, 0.25) is 0 Å². The summed E-state index contributed by atoms with van der Waals surface area (Å²) in [7, 11) is 0. The molecule has 4 N–H and O–H groups in total. The van der Waals surface area contributed by atoms with Gasteiger partial charge in [-0.3, -0.25) is 0 Å². The van der Waals surface area contributed by atoms with Gasteiger partial charge < -0.3 is 20.9 Å². The molecule has 0 heterocycles. The summed E-state index contributed by atoms with van der Waals surface area (Å²) in [5, 5.41) is 0. The van der Waals surface area contributed by atoms with E-state index in [2.05, 4.69) is 31.2 Å². The van der Waals surface area contributed by atoms with E-state index >= 15 is 0 Å². The maximum absolute atomic E-state index is 5.86. The van der Waals surface area contributed by atoms with Crippen molar-refractivity contribution in [2.24, 2.45) is 0 Å². The number of nitrogen functional groups attached to an aromatic ring is 2. The third-order valence-corrected chi connectivity index (χ3v) is 4.81. The molecule has 30 heavy (non-hydrogen) atoms. The molecule has 4 aromatic rings. The van der Waals surface area contributed by atoms with E-state index in [1.54, 1.807) is 0 Å². The van der Waals surface area contributed by atoms with E-state index in [9.17, 15) is 0 Å². The number of nitrogens with two attached hydrogens (primary N) is 2. The normalized spacial score (nSPS) is 10.7. The fraction of sp³-hybridized carbons (Fsp3) is 0.0385. The second-order valence-corrected chi connectivity index (χ2v) is 7.02. The Balaban J connectivity index is 1.41. The van der Waals surface area contributed by atoms with Gasteiger partial charge in [-0.1, -0.05) is 31.2 Å². The standard InChI is InChI=1S/C26H23N2O2/c1-18(19-2-10-23(11-3-19)29-25-14-6-21(27)7-15-25)20-4-12-24(13-5-20)30-26-16-8-22(28)9-17-26/h2-17H,27-28H2,1H3. The molecular formula is C26H23N2O2. The fourth-order valence-corrected chi connectivity index (χ4v) is 3.06. The number of ether oxygens (including phenoxy) is 2. The second kappa shape index (κ2) is 8.62. The van der Waals surface area contributed by atoms with E-state index in [0.29, 0.717) is 11.4 Å². The average molecular weight is 395 g/mol. The molecule has 0 aliphatic carbocycles. The Morgan fingerprint density at radius 3 is 1.03 bits per heavy atom. The van der Waals surface area contributed by atoms with Crippen LogP contribution < -0.4 is 20.9 Å². The topological polar surface area (TPSA) is 70.5 Å². The summed E-state index contributed by atoms with van der Waals surface area (Å²) >= 11 is 0. The first kappa shape index (κ1) is 19.4. The first-order valence-corrected chi connectivity index (χ1v) is 9.68. The number of anilines is 2. The molecule has 4 aromatic carbocycles. The van der Waals surface area contributed by atoms with Gasteiger partial charge in [-0.2, -0.15) is 0 Å². The molecule has 149 valence electrons. The van der Waals surface area contributed by atoms with Crippen molar-refractivity contribution in [3.63, 3.8) is 0 Å². The lowest BCUT2D eigenvalue weighted by molar-refractivity contribution is 0.482. The minimum atomic E-state index is 0.716. The highest BCUT2D eigenvalue weighted by atomic mass is 16.5. The van der Waals surface area contributed by atoms with E-state index in [1.807, 2.05) is 72.8 Å². The molecule has 0 saturated carbocycles. The lowest BCUT2D eigenvalue weighted by Crippen LogP contribution is -1.97. The van der Waals surface area contributed by atoms with Crippen LogP contribution in [0.15, 0.2) is 97.1 Å². The van der Waals surface area contributed by atoms with Crippen LogP contribution in [0.1, 0.15) is 18.1 Å². The minimum absolute atomic E-state index is 0.716. The van der Waals surface area contributed by atoms with Crippen LogP contribution in [-0.4, -0.2) is 0 Å². The number of rotatable bonds is 6. The van der Waals surface area contributed by atoms with Crippen molar-refractivity contribution in [2.75, 3.05) is 11.5 Å². The molecule has 0 aliphatic rings. The van der Waals surface area contributed by atoms with Crippen molar-refractivity contribution in [1.29, 1.82) is 0 Å². The second-order valence-electron chi connectivity index (χ2n) is 7.02. The fourth-order valence-electron chi connectivity index (χ4n) is 3.06. The molecule has 0 spiro atoms. The van der Waals surface area contributed by atoms with Crippen LogP contribution in [0.5, 0.6) is 23.0 Å². The van der Waals surface area contributed by atoms with Gasteiger partial charge in [0.1, 0.15) is 23.0 Å². The average Bonchev–Trinajstić information content (AvgIpc) is 2.77. The Morgan fingerprint density at radius 1 is 0.467 bits per heavy atom. The van der Waals surface area contributed by atoms with E-state index in [-0.39, 0.29) is 0 Å². The summed E-state index contributed by atoms with van der Waals surface area (Å²) in [4.78, 5) is 0. The van der Waals surface area contributed by atoms with Gasteiger partial charge in [0, 0.05) is 17.3 Å². The molecule has 0 bridgehead atoms. The highest BCUT2D eigenvalue weighted by Crippen LogP contribution is 2.29. The third kappa shape index (κ3) is 4.73. The minimum Gasteiger partial charge on any atom is -0.457 e. The molecule has 4 nitrogen and oxygen atoms in total. The van der Waals surface area contributed by atoms with E-state index in [4.69, 9.17) is 20.9 Å². The van der Waals surface area contributed by atoms with Gasteiger partial charge >= 0.3 is 0 Å². The molecule has 0 amide bonds. The molecule has 0 aliphatic heterocycles. The van der Waals surface area contributed by atoms with Crippen LogP contribution in [0.25, 0.3) is 0 Å². The van der Waals surface area contributed by atoms with Crippen LogP contribution in [0.4, 0.5) is 11.4 Å². The van der Waals surface area contributed by atoms with Gasteiger partial charge in [-0.25, -0.2) is 0 Å². The summed E-state index contributed by atoms with van der Waals surface area (Å²) in [6.07, 6.45) is 0. The molecule has 0 unspecified atom stereocenters. The third-order valence-electron chi connectivity index (χ3n) is 4.81. The summed E-state index contributed by atoms with van der Waals surface area (Å²) in [5.41, 5.74) is 15.1. The van der Waals surface area contributed by atoms with Crippen molar-refractivity contribution in [3.05, 3.63) is 114 Å². The molecule has 4 heteroatoms. The predicted molar refractivity (Wildman–Crippen MR) is 122 cm³/mol. The zero-order valence-corrected chi connectivity index (χ0v) is 16.7. The molecule has 0 atom stereocenters. The Labute approximate surface area is 176 Å². The SMILES string of the molecule is C[C](c1ccc(Oc2ccc(N)cc2)cc1)c1ccc(Oc2ccc(N)cc2)cc1. The molecule has 0 aromatic heterocycles. The van der Waals surface area contributed by atoms with Gasteiger partial charge in [-0.05, 0) is 83.9 Å². The molecule has 1 radical (unpaired) electrons. The first-order valence-electron chi connectivity index (χ1n) is 9.68. The summed E-state index contributed by atoms with van der Waals surface area (Å²) < 4.78 is 11.7. The molecule has 4 rings (SSSR count). The summed E-state index contributed by atoms with van der Waals surface area (Å²) in [5.74, 6) is 4.25. The smallest absolute Gasteiger partial charge is 0.127 e. The van der Waals surface area contributed by atoms with Gasteiger partial charge in [-0.15, -0.1) is 0 Å². The molecule has 0 saturated heterocycles. The highest BCUT2D eigenvalue weighted by molar-refractivity contribution is 5.49. The monoisotopic (exact) mass is 395 g/mol. The maximum atomic E-state index is 5.86.